The van der Waals surface area contributed by atoms with E-state index in [1.165, 1.54) is 12.8 Å². The summed E-state index contributed by atoms with van der Waals surface area (Å²) in [6.45, 7) is 0.639. The molecule has 2 nitrogen and oxygen atoms in total. The summed E-state index contributed by atoms with van der Waals surface area (Å²) < 4.78 is 0. The summed E-state index contributed by atoms with van der Waals surface area (Å²) in [7, 11) is 0. The lowest BCUT2D eigenvalue weighted by atomic mass is 9.88. The Hall–Kier alpha value is -0.730. The second kappa shape index (κ2) is 5.94. The minimum Gasteiger partial charge on any atom is -0.351 e. The maximum Gasteiger partial charge on any atom is 0.252 e. The SMILES string of the molecule is O=C(NCC1(CCl)CCCC1)c1ccccc1Cl. The molecule has 1 aliphatic rings. The molecule has 1 amide bonds. The van der Waals surface area contributed by atoms with Crippen LogP contribution in [0.4, 0.5) is 0 Å². The highest BCUT2D eigenvalue weighted by atomic mass is 35.5. The van der Waals surface area contributed by atoms with Gasteiger partial charge in [0, 0.05) is 17.8 Å². The molecular weight excluding hydrogens is 269 g/mol. The van der Waals surface area contributed by atoms with E-state index >= 15 is 0 Å². The Morgan fingerprint density at radius 3 is 2.56 bits per heavy atom. The second-order valence-electron chi connectivity index (χ2n) is 5.00. The number of carbonyl (C=O) groups excluding carboxylic acids is 1. The topological polar surface area (TPSA) is 29.1 Å². The number of benzene rings is 1. The van der Waals surface area contributed by atoms with Crippen molar-refractivity contribution in [3.63, 3.8) is 0 Å². The van der Waals surface area contributed by atoms with E-state index in [1.807, 2.05) is 12.1 Å². The minimum absolute atomic E-state index is 0.0818. The Morgan fingerprint density at radius 2 is 1.94 bits per heavy atom. The second-order valence-corrected chi connectivity index (χ2v) is 5.68. The Labute approximate surface area is 118 Å². The summed E-state index contributed by atoms with van der Waals surface area (Å²) in [6.07, 6.45) is 4.60. The van der Waals surface area contributed by atoms with Crippen molar-refractivity contribution in [2.24, 2.45) is 5.41 Å². The van der Waals surface area contributed by atoms with Gasteiger partial charge in [0.1, 0.15) is 0 Å². The van der Waals surface area contributed by atoms with Crippen LogP contribution in [0, 0.1) is 5.41 Å². The van der Waals surface area contributed by atoms with Crippen molar-refractivity contribution >= 4 is 29.1 Å². The summed E-state index contributed by atoms with van der Waals surface area (Å²) in [6, 6.07) is 7.09. The van der Waals surface area contributed by atoms with Crippen LogP contribution < -0.4 is 5.32 Å². The van der Waals surface area contributed by atoms with Gasteiger partial charge in [-0.2, -0.15) is 0 Å². The van der Waals surface area contributed by atoms with Crippen molar-refractivity contribution in [2.75, 3.05) is 12.4 Å². The number of hydrogen-bond donors (Lipinski definition) is 1. The van der Waals surface area contributed by atoms with Gasteiger partial charge in [-0.25, -0.2) is 0 Å². The van der Waals surface area contributed by atoms with E-state index in [1.54, 1.807) is 12.1 Å². The van der Waals surface area contributed by atoms with Crippen LogP contribution in [0.3, 0.4) is 0 Å². The molecule has 98 valence electrons. The van der Waals surface area contributed by atoms with E-state index in [4.69, 9.17) is 23.2 Å². The van der Waals surface area contributed by atoms with Crippen LogP contribution in [0.15, 0.2) is 24.3 Å². The number of amides is 1. The molecule has 0 heterocycles. The molecule has 0 aliphatic heterocycles. The lowest BCUT2D eigenvalue weighted by molar-refractivity contribution is 0.0935. The molecule has 0 spiro atoms. The fourth-order valence-electron chi connectivity index (χ4n) is 2.49. The van der Waals surface area contributed by atoms with Gasteiger partial charge in [0.25, 0.3) is 5.91 Å². The molecule has 0 saturated heterocycles. The molecule has 2 rings (SSSR count). The Bertz CT molecular complexity index is 428. The summed E-state index contributed by atoms with van der Waals surface area (Å²) >= 11 is 12.0. The van der Waals surface area contributed by atoms with Gasteiger partial charge in [-0.1, -0.05) is 36.6 Å². The molecule has 0 bridgehead atoms. The van der Waals surface area contributed by atoms with Crippen LogP contribution in [-0.4, -0.2) is 18.3 Å². The third kappa shape index (κ3) is 2.99. The fourth-order valence-corrected chi connectivity index (χ4v) is 3.07. The zero-order valence-corrected chi connectivity index (χ0v) is 11.7. The van der Waals surface area contributed by atoms with E-state index in [9.17, 15) is 4.79 Å². The fraction of sp³-hybridized carbons (Fsp3) is 0.500. The van der Waals surface area contributed by atoms with Crippen LogP contribution in [0.5, 0.6) is 0 Å². The van der Waals surface area contributed by atoms with Crippen molar-refractivity contribution in [2.45, 2.75) is 25.7 Å². The van der Waals surface area contributed by atoms with Crippen molar-refractivity contribution < 1.29 is 4.79 Å². The Kier molecular flexibility index (Phi) is 4.52. The Balaban J connectivity index is 1.98. The van der Waals surface area contributed by atoms with Crippen LogP contribution in [-0.2, 0) is 0 Å². The predicted octanol–water partition coefficient (Wildman–Crippen LogP) is 3.87. The first-order valence-electron chi connectivity index (χ1n) is 6.26. The van der Waals surface area contributed by atoms with Gasteiger partial charge in [0.05, 0.1) is 10.6 Å². The molecule has 0 unspecified atom stereocenters. The molecule has 0 radical (unpaired) electrons. The molecule has 1 aromatic rings. The first-order valence-corrected chi connectivity index (χ1v) is 7.17. The third-order valence-electron chi connectivity index (χ3n) is 3.69. The van der Waals surface area contributed by atoms with Gasteiger partial charge >= 0.3 is 0 Å². The molecule has 0 aromatic heterocycles. The van der Waals surface area contributed by atoms with E-state index in [0.29, 0.717) is 23.0 Å². The average Bonchev–Trinajstić information content (AvgIpc) is 2.86. The number of alkyl halides is 1. The van der Waals surface area contributed by atoms with Crippen molar-refractivity contribution in [3.8, 4) is 0 Å². The van der Waals surface area contributed by atoms with Crippen molar-refractivity contribution in [1.82, 2.24) is 5.32 Å². The zero-order valence-electron chi connectivity index (χ0n) is 10.2. The van der Waals surface area contributed by atoms with E-state index < -0.39 is 0 Å². The van der Waals surface area contributed by atoms with Crippen molar-refractivity contribution in [1.29, 1.82) is 0 Å². The first kappa shape index (κ1) is 13.7. The van der Waals surface area contributed by atoms with E-state index in [-0.39, 0.29) is 11.3 Å². The number of hydrogen-bond acceptors (Lipinski definition) is 1. The standard InChI is InChI=1S/C14H17Cl2NO/c15-9-14(7-3-4-8-14)10-17-13(18)11-5-1-2-6-12(11)16/h1-2,5-6H,3-4,7-10H2,(H,17,18). The third-order valence-corrected chi connectivity index (χ3v) is 4.59. The molecule has 0 atom stereocenters. The van der Waals surface area contributed by atoms with Crippen LogP contribution >= 0.6 is 23.2 Å². The van der Waals surface area contributed by atoms with Gasteiger partial charge in [-0.3, -0.25) is 4.79 Å². The summed E-state index contributed by atoms with van der Waals surface area (Å²) in [5, 5.41) is 3.45. The largest absolute Gasteiger partial charge is 0.351 e. The number of carbonyl (C=O) groups is 1. The highest BCUT2D eigenvalue weighted by Gasteiger charge is 2.33. The summed E-state index contributed by atoms with van der Waals surface area (Å²) in [5.74, 6) is 0.493. The Morgan fingerprint density at radius 1 is 1.28 bits per heavy atom. The van der Waals surface area contributed by atoms with Gasteiger partial charge in [0.2, 0.25) is 0 Å². The zero-order chi connectivity index (χ0) is 13.0. The smallest absolute Gasteiger partial charge is 0.252 e. The van der Waals surface area contributed by atoms with Gasteiger partial charge in [0.15, 0.2) is 0 Å². The highest BCUT2D eigenvalue weighted by molar-refractivity contribution is 6.33. The molecule has 1 N–H and O–H groups in total. The highest BCUT2D eigenvalue weighted by Crippen LogP contribution is 2.38. The van der Waals surface area contributed by atoms with E-state index in [0.717, 1.165) is 12.8 Å². The molecule has 1 saturated carbocycles. The summed E-state index contributed by atoms with van der Waals surface area (Å²) in [4.78, 5) is 12.0. The number of nitrogens with one attached hydrogen (secondary N) is 1. The monoisotopic (exact) mass is 285 g/mol. The van der Waals surface area contributed by atoms with Gasteiger partial charge in [-0.05, 0) is 25.0 Å². The van der Waals surface area contributed by atoms with E-state index in [2.05, 4.69) is 5.32 Å². The van der Waals surface area contributed by atoms with Gasteiger partial charge < -0.3 is 5.32 Å². The van der Waals surface area contributed by atoms with Gasteiger partial charge in [-0.15, -0.1) is 11.6 Å². The number of halogens is 2. The molecule has 1 fully saturated rings. The molecule has 4 heteroatoms. The predicted molar refractivity (Wildman–Crippen MR) is 75.4 cm³/mol. The van der Waals surface area contributed by atoms with Crippen LogP contribution in [0.1, 0.15) is 36.0 Å². The molecule has 1 aliphatic carbocycles. The first-order chi connectivity index (χ1) is 8.67. The molecular formula is C14H17Cl2NO. The normalized spacial score (nSPS) is 17.7. The van der Waals surface area contributed by atoms with Crippen molar-refractivity contribution in [3.05, 3.63) is 34.9 Å². The molecule has 1 aromatic carbocycles. The lowest BCUT2D eigenvalue weighted by Gasteiger charge is -2.26. The maximum atomic E-state index is 12.0. The minimum atomic E-state index is -0.114. The quantitative estimate of drug-likeness (QED) is 0.836. The van der Waals surface area contributed by atoms with Crippen LogP contribution in [0.25, 0.3) is 0 Å². The maximum absolute atomic E-state index is 12.0. The lowest BCUT2D eigenvalue weighted by Crippen LogP contribution is -2.37. The average molecular weight is 286 g/mol. The van der Waals surface area contributed by atoms with Crippen LogP contribution in [0.2, 0.25) is 5.02 Å². The molecule has 18 heavy (non-hydrogen) atoms. The summed E-state index contributed by atoms with van der Waals surface area (Å²) in [5.41, 5.74) is 0.611. The number of rotatable bonds is 4.